The SMILES string of the molecule is CCC[C@H]1CC[C@H](CCCOc2ccc(OCC)cc2)CC1. The van der Waals surface area contributed by atoms with Crippen LogP contribution in [-0.4, -0.2) is 13.2 Å². The van der Waals surface area contributed by atoms with E-state index in [-0.39, 0.29) is 0 Å². The Kier molecular flexibility index (Phi) is 7.62. The van der Waals surface area contributed by atoms with Gasteiger partial charge in [-0.2, -0.15) is 0 Å². The van der Waals surface area contributed by atoms with Gasteiger partial charge in [-0.15, -0.1) is 0 Å². The monoisotopic (exact) mass is 304 g/mol. The molecule has 0 aromatic heterocycles. The molecule has 1 fully saturated rings. The topological polar surface area (TPSA) is 18.5 Å². The molecule has 0 unspecified atom stereocenters. The molecule has 1 aliphatic rings. The molecule has 2 nitrogen and oxygen atoms in total. The summed E-state index contributed by atoms with van der Waals surface area (Å²) < 4.78 is 11.3. The second kappa shape index (κ2) is 9.76. The highest BCUT2D eigenvalue weighted by Crippen LogP contribution is 2.33. The van der Waals surface area contributed by atoms with E-state index in [1.165, 1.54) is 51.4 Å². The van der Waals surface area contributed by atoms with Crippen LogP contribution >= 0.6 is 0 Å². The highest BCUT2D eigenvalue weighted by Gasteiger charge is 2.19. The van der Waals surface area contributed by atoms with Crippen molar-refractivity contribution in [3.8, 4) is 11.5 Å². The lowest BCUT2D eigenvalue weighted by molar-refractivity contribution is 0.230. The van der Waals surface area contributed by atoms with Gasteiger partial charge in [-0.05, 0) is 55.9 Å². The van der Waals surface area contributed by atoms with Crippen molar-refractivity contribution < 1.29 is 9.47 Å². The van der Waals surface area contributed by atoms with E-state index in [2.05, 4.69) is 6.92 Å². The van der Waals surface area contributed by atoms with Crippen LogP contribution in [0.4, 0.5) is 0 Å². The Morgan fingerprint density at radius 2 is 1.36 bits per heavy atom. The van der Waals surface area contributed by atoms with E-state index in [0.717, 1.165) is 29.9 Å². The smallest absolute Gasteiger partial charge is 0.119 e. The van der Waals surface area contributed by atoms with Gasteiger partial charge in [0.25, 0.3) is 0 Å². The van der Waals surface area contributed by atoms with Crippen molar-refractivity contribution in [1.29, 1.82) is 0 Å². The molecule has 0 spiro atoms. The third-order valence-corrected chi connectivity index (χ3v) is 4.82. The highest BCUT2D eigenvalue weighted by molar-refractivity contribution is 5.31. The number of benzene rings is 1. The minimum absolute atomic E-state index is 0.709. The molecular weight excluding hydrogens is 272 g/mol. The van der Waals surface area contributed by atoms with E-state index in [1.54, 1.807) is 0 Å². The first kappa shape index (κ1) is 17.2. The van der Waals surface area contributed by atoms with Crippen LogP contribution in [0.2, 0.25) is 0 Å². The molecule has 22 heavy (non-hydrogen) atoms. The summed E-state index contributed by atoms with van der Waals surface area (Å²) in [5, 5.41) is 0. The molecule has 124 valence electrons. The normalized spacial score (nSPS) is 21.5. The molecule has 0 radical (unpaired) electrons. The summed E-state index contributed by atoms with van der Waals surface area (Å²) in [5.74, 6) is 3.83. The molecule has 2 heteroatoms. The number of rotatable bonds is 9. The van der Waals surface area contributed by atoms with Crippen molar-refractivity contribution in [3.05, 3.63) is 24.3 Å². The maximum atomic E-state index is 5.83. The van der Waals surface area contributed by atoms with E-state index in [4.69, 9.17) is 9.47 Å². The van der Waals surface area contributed by atoms with Crippen LogP contribution in [0.25, 0.3) is 0 Å². The van der Waals surface area contributed by atoms with E-state index in [0.29, 0.717) is 6.61 Å². The summed E-state index contributed by atoms with van der Waals surface area (Å²) in [4.78, 5) is 0. The average Bonchev–Trinajstić information content (AvgIpc) is 2.55. The molecule has 1 aliphatic carbocycles. The van der Waals surface area contributed by atoms with Crippen molar-refractivity contribution >= 4 is 0 Å². The zero-order valence-electron chi connectivity index (χ0n) is 14.4. The first-order chi connectivity index (χ1) is 10.8. The summed E-state index contributed by atoms with van der Waals surface area (Å²) >= 11 is 0. The zero-order chi connectivity index (χ0) is 15.6. The standard InChI is InChI=1S/C20H32O2/c1-3-6-17-8-10-18(11-9-17)7-5-16-22-20-14-12-19(13-15-20)21-4-2/h12-15,17-18H,3-11,16H2,1-2H3/t17-,18-. The van der Waals surface area contributed by atoms with Crippen molar-refractivity contribution in [2.24, 2.45) is 11.8 Å². The van der Waals surface area contributed by atoms with Gasteiger partial charge in [-0.3, -0.25) is 0 Å². The predicted octanol–water partition coefficient (Wildman–Crippen LogP) is 5.85. The summed E-state index contributed by atoms with van der Waals surface area (Å²) in [7, 11) is 0. The van der Waals surface area contributed by atoms with Gasteiger partial charge in [0.15, 0.2) is 0 Å². The maximum Gasteiger partial charge on any atom is 0.119 e. The molecule has 0 heterocycles. The summed E-state index contributed by atoms with van der Waals surface area (Å²) in [6.07, 6.45) is 11.1. The van der Waals surface area contributed by atoms with E-state index < -0.39 is 0 Å². The number of hydrogen-bond donors (Lipinski definition) is 0. The van der Waals surface area contributed by atoms with Crippen LogP contribution in [0.3, 0.4) is 0 Å². The van der Waals surface area contributed by atoms with Crippen LogP contribution in [0.5, 0.6) is 11.5 Å². The number of ether oxygens (including phenoxy) is 2. The first-order valence-corrected chi connectivity index (χ1v) is 9.17. The Hall–Kier alpha value is -1.18. The van der Waals surface area contributed by atoms with Crippen LogP contribution in [0.15, 0.2) is 24.3 Å². The minimum atomic E-state index is 0.709. The third-order valence-electron chi connectivity index (χ3n) is 4.82. The fourth-order valence-electron chi connectivity index (χ4n) is 3.58. The molecule has 0 N–H and O–H groups in total. The molecule has 0 saturated heterocycles. The third kappa shape index (κ3) is 5.90. The van der Waals surface area contributed by atoms with Crippen LogP contribution in [-0.2, 0) is 0 Å². The van der Waals surface area contributed by atoms with Gasteiger partial charge in [0.2, 0.25) is 0 Å². The lowest BCUT2D eigenvalue weighted by atomic mass is 9.78. The molecule has 0 amide bonds. The quantitative estimate of drug-likeness (QED) is 0.533. The van der Waals surface area contributed by atoms with E-state index in [9.17, 15) is 0 Å². The lowest BCUT2D eigenvalue weighted by Gasteiger charge is -2.28. The molecule has 1 aromatic rings. The van der Waals surface area contributed by atoms with Gasteiger partial charge < -0.3 is 9.47 Å². The van der Waals surface area contributed by atoms with Gasteiger partial charge in [0.05, 0.1) is 13.2 Å². The van der Waals surface area contributed by atoms with Gasteiger partial charge in [-0.25, -0.2) is 0 Å². The molecule has 1 saturated carbocycles. The molecule has 0 atom stereocenters. The predicted molar refractivity (Wildman–Crippen MR) is 92.7 cm³/mol. The zero-order valence-corrected chi connectivity index (χ0v) is 14.4. The molecular formula is C20H32O2. The second-order valence-electron chi connectivity index (χ2n) is 6.57. The van der Waals surface area contributed by atoms with Crippen molar-refractivity contribution in [3.63, 3.8) is 0 Å². The Labute approximate surface area is 136 Å². The van der Waals surface area contributed by atoms with Crippen LogP contribution in [0.1, 0.15) is 65.2 Å². The van der Waals surface area contributed by atoms with Gasteiger partial charge in [0, 0.05) is 0 Å². The lowest BCUT2D eigenvalue weighted by Crippen LogP contribution is -2.15. The summed E-state index contributed by atoms with van der Waals surface area (Å²) in [5.41, 5.74) is 0. The Morgan fingerprint density at radius 3 is 1.91 bits per heavy atom. The van der Waals surface area contributed by atoms with Crippen LogP contribution < -0.4 is 9.47 Å². The Morgan fingerprint density at radius 1 is 0.818 bits per heavy atom. The first-order valence-electron chi connectivity index (χ1n) is 9.17. The van der Waals surface area contributed by atoms with Crippen molar-refractivity contribution in [1.82, 2.24) is 0 Å². The Bertz CT molecular complexity index is 391. The highest BCUT2D eigenvalue weighted by atomic mass is 16.5. The Balaban J connectivity index is 1.57. The van der Waals surface area contributed by atoms with Crippen LogP contribution in [0, 0.1) is 11.8 Å². The van der Waals surface area contributed by atoms with Gasteiger partial charge in [-0.1, -0.05) is 45.4 Å². The molecule has 0 aliphatic heterocycles. The minimum Gasteiger partial charge on any atom is -0.494 e. The maximum absolute atomic E-state index is 5.83. The molecule has 1 aromatic carbocycles. The molecule has 0 bridgehead atoms. The number of hydrogen-bond acceptors (Lipinski definition) is 2. The second-order valence-corrected chi connectivity index (χ2v) is 6.57. The van der Waals surface area contributed by atoms with E-state index in [1.807, 2.05) is 31.2 Å². The van der Waals surface area contributed by atoms with Crippen molar-refractivity contribution in [2.45, 2.75) is 65.2 Å². The average molecular weight is 304 g/mol. The van der Waals surface area contributed by atoms with Gasteiger partial charge in [0.1, 0.15) is 11.5 Å². The van der Waals surface area contributed by atoms with E-state index >= 15 is 0 Å². The summed E-state index contributed by atoms with van der Waals surface area (Å²) in [6, 6.07) is 7.96. The van der Waals surface area contributed by atoms with Crippen molar-refractivity contribution in [2.75, 3.05) is 13.2 Å². The largest absolute Gasteiger partial charge is 0.494 e. The molecule has 2 rings (SSSR count). The fourth-order valence-corrected chi connectivity index (χ4v) is 3.58. The van der Waals surface area contributed by atoms with Gasteiger partial charge >= 0.3 is 0 Å². The fraction of sp³-hybridized carbons (Fsp3) is 0.700. The summed E-state index contributed by atoms with van der Waals surface area (Å²) in [6.45, 7) is 5.86.